The van der Waals surface area contributed by atoms with Gasteiger partial charge in [0.15, 0.2) is 5.43 Å². The summed E-state index contributed by atoms with van der Waals surface area (Å²) in [5, 5.41) is 30.9. The average molecular weight is 300 g/mol. The van der Waals surface area contributed by atoms with E-state index in [1.54, 1.807) is 18.2 Å². The molecular weight excluding hydrogens is 284 g/mol. The van der Waals surface area contributed by atoms with Crippen LogP contribution in [0, 0.1) is 0 Å². The zero-order chi connectivity index (χ0) is 16.0. The highest BCUT2D eigenvalue weighted by molar-refractivity contribution is 5.96. The molecular formula is C17H16O5. The molecule has 114 valence electrons. The highest BCUT2D eigenvalue weighted by Crippen LogP contribution is 2.33. The van der Waals surface area contributed by atoms with Crippen LogP contribution in [-0.2, 0) is 0 Å². The molecule has 0 radical (unpaired) electrons. The van der Waals surface area contributed by atoms with Crippen molar-refractivity contribution in [2.75, 3.05) is 0 Å². The van der Waals surface area contributed by atoms with Crippen LogP contribution < -0.4 is 10.6 Å². The molecule has 0 aromatic heterocycles. The van der Waals surface area contributed by atoms with Gasteiger partial charge >= 0.3 is 0 Å². The predicted octanol–water partition coefficient (Wildman–Crippen LogP) is 1.72. The molecule has 2 atom stereocenters. The Morgan fingerprint density at radius 1 is 1.23 bits per heavy atom. The molecule has 1 aromatic rings. The van der Waals surface area contributed by atoms with E-state index in [0.29, 0.717) is 16.7 Å². The van der Waals surface area contributed by atoms with Crippen LogP contribution in [0.2, 0.25) is 0 Å². The summed E-state index contributed by atoms with van der Waals surface area (Å²) in [5.74, 6) is 0.456. The summed E-state index contributed by atoms with van der Waals surface area (Å²) in [7, 11) is 0. The summed E-state index contributed by atoms with van der Waals surface area (Å²) >= 11 is 0. The van der Waals surface area contributed by atoms with Crippen molar-refractivity contribution >= 4 is 16.5 Å². The second-order valence-corrected chi connectivity index (χ2v) is 5.44. The van der Waals surface area contributed by atoms with Crippen molar-refractivity contribution in [1.82, 2.24) is 0 Å². The van der Waals surface area contributed by atoms with Crippen molar-refractivity contribution in [2.45, 2.75) is 26.1 Å². The number of hydrogen-bond donors (Lipinski definition) is 3. The van der Waals surface area contributed by atoms with Gasteiger partial charge in [-0.05, 0) is 25.3 Å². The third-order valence-electron chi connectivity index (χ3n) is 3.76. The van der Waals surface area contributed by atoms with Crippen molar-refractivity contribution in [1.29, 1.82) is 0 Å². The number of rotatable bonds is 2. The van der Waals surface area contributed by atoms with E-state index in [0.717, 1.165) is 5.39 Å². The van der Waals surface area contributed by atoms with Gasteiger partial charge in [-0.3, -0.25) is 4.79 Å². The van der Waals surface area contributed by atoms with Gasteiger partial charge in [-0.1, -0.05) is 18.2 Å². The molecule has 2 aliphatic rings. The number of benzene rings is 2. The fourth-order valence-corrected chi connectivity index (χ4v) is 2.72. The fourth-order valence-electron chi connectivity index (χ4n) is 2.72. The summed E-state index contributed by atoms with van der Waals surface area (Å²) in [5.41, 5.74) is 0.347. The van der Waals surface area contributed by atoms with Gasteiger partial charge < -0.3 is 19.7 Å². The van der Waals surface area contributed by atoms with Crippen LogP contribution in [0.15, 0.2) is 39.5 Å². The molecule has 0 amide bonds. The lowest BCUT2D eigenvalue weighted by atomic mass is 9.96. The fraction of sp³-hybridized carbons (Fsp3) is 0.235. The van der Waals surface area contributed by atoms with Crippen molar-refractivity contribution in [2.24, 2.45) is 0 Å². The van der Waals surface area contributed by atoms with Crippen molar-refractivity contribution in [3.63, 3.8) is 0 Å². The van der Waals surface area contributed by atoms with Gasteiger partial charge in [0.25, 0.3) is 0 Å². The van der Waals surface area contributed by atoms with Crippen molar-refractivity contribution < 1.29 is 19.7 Å². The summed E-state index contributed by atoms with van der Waals surface area (Å²) < 4.78 is 5.60. The van der Waals surface area contributed by atoms with Crippen molar-refractivity contribution in [3.05, 3.63) is 51.5 Å². The molecule has 0 bridgehead atoms. The molecule has 1 aromatic carbocycles. The first-order valence-electron chi connectivity index (χ1n) is 6.95. The predicted molar refractivity (Wildman–Crippen MR) is 82.7 cm³/mol. The minimum atomic E-state index is -1.18. The molecule has 0 unspecified atom stereocenters. The third-order valence-corrected chi connectivity index (χ3v) is 3.76. The second-order valence-electron chi connectivity index (χ2n) is 5.44. The standard InChI is InChI=1S/C17H16O5/c1-8(18)15-11-5-3-4-10-6-14(17(21)9(2)19)22-13(16(10)11)7-12(15)20/h3-7,9,17-19,21H,1-2H3/b15-8-/t9-,17+/m0/s1. The van der Waals surface area contributed by atoms with Crippen LogP contribution in [0.4, 0.5) is 0 Å². The van der Waals surface area contributed by atoms with Crippen LogP contribution in [-0.4, -0.2) is 21.4 Å². The maximum Gasteiger partial charge on any atom is 0.193 e. The molecule has 0 fully saturated rings. The molecule has 3 rings (SSSR count). The molecule has 1 aliphatic carbocycles. The van der Waals surface area contributed by atoms with Gasteiger partial charge in [0.2, 0.25) is 0 Å². The zero-order valence-electron chi connectivity index (χ0n) is 12.2. The van der Waals surface area contributed by atoms with Gasteiger partial charge in [0, 0.05) is 17.0 Å². The Morgan fingerprint density at radius 3 is 2.59 bits per heavy atom. The lowest BCUT2D eigenvalue weighted by Gasteiger charge is -2.17. The second kappa shape index (κ2) is 5.12. The summed E-state index contributed by atoms with van der Waals surface area (Å²) in [4.78, 5) is 12.2. The summed E-state index contributed by atoms with van der Waals surface area (Å²) in [6.45, 7) is 2.92. The largest absolute Gasteiger partial charge is 0.512 e. The van der Waals surface area contributed by atoms with E-state index in [1.807, 2.05) is 6.07 Å². The third kappa shape index (κ3) is 2.15. The van der Waals surface area contributed by atoms with Crippen LogP contribution in [0.3, 0.4) is 0 Å². The van der Waals surface area contributed by atoms with Crippen LogP contribution in [0.25, 0.3) is 27.9 Å². The van der Waals surface area contributed by atoms with Crippen LogP contribution in [0.1, 0.15) is 25.7 Å². The molecule has 1 aliphatic heterocycles. The summed E-state index contributed by atoms with van der Waals surface area (Å²) in [6, 6.07) is 8.26. The average Bonchev–Trinajstić information content (AvgIpc) is 2.45. The number of aliphatic hydroxyl groups is 3. The van der Waals surface area contributed by atoms with Gasteiger partial charge in [-0.2, -0.15) is 0 Å². The minimum absolute atomic E-state index is 0.0486. The lowest BCUT2D eigenvalue weighted by Crippen LogP contribution is -2.27. The SMILES string of the molecule is C/C(O)=c1/c(=O)cc2oc([C@H](O)[C@H](C)O)cc3cccc1c3-2. The lowest BCUT2D eigenvalue weighted by molar-refractivity contribution is 0.0165. The molecule has 0 saturated heterocycles. The Bertz CT molecular complexity index is 918. The van der Waals surface area contributed by atoms with E-state index < -0.39 is 12.2 Å². The maximum absolute atomic E-state index is 12.2. The maximum atomic E-state index is 12.2. The highest BCUT2D eigenvalue weighted by Gasteiger charge is 2.22. The van der Waals surface area contributed by atoms with Gasteiger partial charge in [0.1, 0.15) is 23.4 Å². The van der Waals surface area contributed by atoms with Crippen LogP contribution >= 0.6 is 0 Å². The topological polar surface area (TPSA) is 90.9 Å². The van der Waals surface area contributed by atoms with Gasteiger partial charge in [0.05, 0.1) is 11.3 Å². The van der Waals surface area contributed by atoms with E-state index in [4.69, 9.17) is 4.42 Å². The Kier molecular flexibility index (Phi) is 3.39. The molecule has 5 heteroatoms. The van der Waals surface area contributed by atoms with E-state index in [2.05, 4.69) is 0 Å². The number of aliphatic hydroxyl groups excluding tert-OH is 3. The summed E-state index contributed by atoms with van der Waals surface area (Å²) in [6.07, 6.45) is -2.17. The van der Waals surface area contributed by atoms with Gasteiger partial charge in [-0.25, -0.2) is 0 Å². The smallest absolute Gasteiger partial charge is 0.193 e. The quantitative estimate of drug-likeness (QED) is 0.670. The Balaban J connectivity index is 2.47. The zero-order valence-corrected chi connectivity index (χ0v) is 12.2. The first kappa shape index (κ1) is 14.6. The molecule has 3 N–H and O–H groups in total. The molecule has 0 spiro atoms. The monoisotopic (exact) mass is 300 g/mol. The number of hydrogen-bond acceptors (Lipinski definition) is 5. The molecule has 22 heavy (non-hydrogen) atoms. The Morgan fingerprint density at radius 2 is 1.95 bits per heavy atom. The molecule has 0 saturated carbocycles. The molecule has 5 nitrogen and oxygen atoms in total. The Hall–Kier alpha value is -2.37. The van der Waals surface area contributed by atoms with Gasteiger partial charge in [-0.15, -0.1) is 0 Å². The normalized spacial score (nSPS) is 16.0. The van der Waals surface area contributed by atoms with E-state index in [1.165, 1.54) is 19.9 Å². The van der Waals surface area contributed by atoms with E-state index >= 15 is 0 Å². The van der Waals surface area contributed by atoms with Crippen molar-refractivity contribution in [3.8, 4) is 11.3 Å². The highest BCUT2D eigenvalue weighted by atomic mass is 16.4. The first-order chi connectivity index (χ1) is 10.4. The van der Waals surface area contributed by atoms with E-state index in [9.17, 15) is 20.1 Å². The Labute approximate surface area is 126 Å². The molecule has 1 heterocycles. The first-order valence-corrected chi connectivity index (χ1v) is 6.95. The van der Waals surface area contributed by atoms with E-state index in [-0.39, 0.29) is 22.2 Å². The minimum Gasteiger partial charge on any atom is -0.512 e. The van der Waals surface area contributed by atoms with Crippen LogP contribution in [0.5, 0.6) is 0 Å².